The van der Waals surface area contributed by atoms with Gasteiger partial charge in [-0.3, -0.25) is 4.90 Å². The van der Waals surface area contributed by atoms with Gasteiger partial charge >= 0.3 is 5.97 Å². The summed E-state index contributed by atoms with van der Waals surface area (Å²) >= 11 is 1.45. The summed E-state index contributed by atoms with van der Waals surface area (Å²) in [5.74, 6) is -0.948. The van der Waals surface area contributed by atoms with Gasteiger partial charge in [0.2, 0.25) is 0 Å². The number of nitrogens with zero attached hydrogens (tertiary/aromatic N) is 3. The van der Waals surface area contributed by atoms with Gasteiger partial charge in [0, 0.05) is 41.1 Å². The van der Waals surface area contributed by atoms with Crippen LogP contribution in [0, 0.1) is 0 Å². The zero-order valence-electron chi connectivity index (χ0n) is 13.7. The van der Waals surface area contributed by atoms with Gasteiger partial charge in [0.05, 0.1) is 24.7 Å². The van der Waals surface area contributed by atoms with E-state index in [2.05, 4.69) is 4.98 Å². The average molecular weight is 361 g/mol. The van der Waals surface area contributed by atoms with Crippen LogP contribution in [0.15, 0.2) is 29.8 Å². The molecule has 25 heavy (non-hydrogen) atoms. The molecule has 2 heterocycles. The molecule has 0 aliphatic carbocycles. The Morgan fingerprint density at radius 3 is 2.72 bits per heavy atom. The maximum atomic E-state index is 11.5. The van der Waals surface area contributed by atoms with E-state index in [9.17, 15) is 9.90 Å². The monoisotopic (exact) mass is 361 g/mol. The van der Waals surface area contributed by atoms with Crippen molar-refractivity contribution in [1.82, 2.24) is 14.5 Å². The fraction of sp³-hybridized carbons (Fsp3) is 0.294. The first kappa shape index (κ1) is 17.6. The van der Waals surface area contributed by atoms with Crippen molar-refractivity contribution in [3.05, 3.63) is 41.0 Å². The molecule has 0 radical (unpaired) electrons. The Hall–Kier alpha value is -2.26. The van der Waals surface area contributed by atoms with Crippen LogP contribution in [0.5, 0.6) is 0 Å². The summed E-state index contributed by atoms with van der Waals surface area (Å²) in [5, 5.41) is 31.0. The fourth-order valence-electron chi connectivity index (χ4n) is 2.75. The molecule has 1 aromatic carbocycles. The Bertz CT molecular complexity index is 899. The van der Waals surface area contributed by atoms with E-state index in [-0.39, 0.29) is 19.0 Å². The summed E-state index contributed by atoms with van der Waals surface area (Å²) in [6.07, 6.45) is 1.66. The smallest absolute Gasteiger partial charge is 0.337 e. The molecule has 0 unspecified atom stereocenters. The van der Waals surface area contributed by atoms with Gasteiger partial charge in [-0.15, -0.1) is 11.3 Å². The van der Waals surface area contributed by atoms with Crippen LogP contribution >= 0.6 is 11.3 Å². The molecule has 0 aliphatic heterocycles. The third kappa shape index (κ3) is 3.42. The highest BCUT2D eigenvalue weighted by Crippen LogP contribution is 2.30. The first-order valence-corrected chi connectivity index (χ1v) is 8.70. The van der Waals surface area contributed by atoms with Crippen LogP contribution in [0.1, 0.15) is 23.0 Å². The van der Waals surface area contributed by atoms with Gasteiger partial charge in [-0.25, -0.2) is 9.78 Å². The van der Waals surface area contributed by atoms with Crippen LogP contribution < -0.4 is 0 Å². The normalized spacial score (nSPS) is 11.5. The number of aromatic carboxylic acids is 1. The molecule has 3 aromatic rings. The first-order chi connectivity index (χ1) is 12.1. The van der Waals surface area contributed by atoms with Gasteiger partial charge in [-0.1, -0.05) is 0 Å². The Labute approximate surface area is 148 Å². The van der Waals surface area contributed by atoms with E-state index >= 15 is 0 Å². The van der Waals surface area contributed by atoms with E-state index in [1.165, 1.54) is 16.2 Å². The number of aliphatic hydroxyl groups excluding tert-OH is 2. The van der Waals surface area contributed by atoms with Gasteiger partial charge in [0.15, 0.2) is 0 Å². The van der Waals surface area contributed by atoms with Gasteiger partial charge in [-0.05, 0) is 25.1 Å². The molecule has 7 nitrogen and oxygen atoms in total. The SMILES string of the molecule is CCn1cc(C(=O)O)c2cc(-c3nc(CN(CO)CO)cs3)ccc21. The van der Waals surface area contributed by atoms with Crippen molar-refractivity contribution < 1.29 is 20.1 Å². The second-order valence-corrected chi connectivity index (χ2v) is 6.48. The van der Waals surface area contributed by atoms with Crippen molar-refractivity contribution in [2.24, 2.45) is 0 Å². The van der Waals surface area contributed by atoms with Gasteiger partial charge in [0.1, 0.15) is 5.01 Å². The fourth-order valence-corrected chi connectivity index (χ4v) is 3.56. The number of fused-ring (bicyclic) bond motifs is 1. The third-order valence-electron chi connectivity index (χ3n) is 4.04. The third-order valence-corrected chi connectivity index (χ3v) is 4.98. The van der Waals surface area contributed by atoms with Gasteiger partial charge < -0.3 is 19.9 Å². The quantitative estimate of drug-likeness (QED) is 0.558. The average Bonchev–Trinajstić information content (AvgIpc) is 3.23. The van der Waals surface area contributed by atoms with Crippen molar-refractivity contribution in [3.63, 3.8) is 0 Å². The Morgan fingerprint density at radius 1 is 1.32 bits per heavy atom. The number of benzene rings is 1. The van der Waals surface area contributed by atoms with Crippen molar-refractivity contribution in [1.29, 1.82) is 0 Å². The number of hydrogen-bond donors (Lipinski definition) is 3. The molecule has 0 fully saturated rings. The second kappa shape index (κ2) is 7.32. The molecule has 3 rings (SSSR count). The van der Waals surface area contributed by atoms with Crippen LogP contribution in [0.4, 0.5) is 0 Å². The molecule has 3 N–H and O–H groups in total. The number of rotatable bonds is 7. The molecule has 8 heteroatoms. The lowest BCUT2D eigenvalue weighted by atomic mass is 10.1. The number of aliphatic hydroxyl groups is 2. The zero-order chi connectivity index (χ0) is 18.0. The van der Waals surface area contributed by atoms with Gasteiger partial charge in [0.25, 0.3) is 0 Å². The maximum absolute atomic E-state index is 11.5. The number of aryl methyl sites for hydroxylation is 1. The molecule has 0 bridgehead atoms. The predicted molar refractivity (Wildman–Crippen MR) is 95.4 cm³/mol. The molecule has 0 saturated carbocycles. The van der Waals surface area contributed by atoms with Crippen molar-refractivity contribution >= 4 is 28.2 Å². The Balaban J connectivity index is 1.98. The Kier molecular flexibility index (Phi) is 5.14. The summed E-state index contributed by atoms with van der Waals surface area (Å²) in [7, 11) is 0. The largest absolute Gasteiger partial charge is 0.478 e. The van der Waals surface area contributed by atoms with Crippen LogP contribution in [0.25, 0.3) is 21.5 Å². The van der Waals surface area contributed by atoms with E-state index in [4.69, 9.17) is 10.2 Å². The van der Waals surface area contributed by atoms with Crippen LogP contribution in [-0.2, 0) is 13.1 Å². The lowest BCUT2D eigenvalue weighted by molar-refractivity contribution is 0.0227. The lowest BCUT2D eigenvalue weighted by Gasteiger charge is -2.13. The van der Waals surface area contributed by atoms with E-state index in [1.54, 1.807) is 6.20 Å². The summed E-state index contributed by atoms with van der Waals surface area (Å²) in [6.45, 7) is 2.52. The highest BCUT2D eigenvalue weighted by atomic mass is 32.1. The first-order valence-electron chi connectivity index (χ1n) is 7.82. The number of carbonyl (C=O) groups is 1. The topological polar surface area (TPSA) is 98.8 Å². The molecule has 132 valence electrons. The molecule has 0 amide bonds. The van der Waals surface area contributed by atoms with Crippen LogP contribution in [0.3, 0.4) is 0 Å². The molecular formula is C17H19N3O4S. The number of carboxylic acids is 1. The highest BCUT2D eigenvalue weighted by Gasteiger charge is 2.15. The van der Waals surface area contributed by atoms with E-state index in [0.717, 1.165) is 21.8 Å². The van der Waals surface area contributed by atoms with Crippen molar-refractivity contribution in [2.75, 3.05) is 13.5 Å². The number of aromatic nitrogens is 2. The molecular weight excluding hydrogens is 342 g/mol. The summed E-state index contributed by atoms with van der Waals surface area (Å²) < 4.78 is 1.91. The predicted octanol–water partition coefficient (Wildman–Crippen LogP) is 2.18. The molecule has 0 saturated heterocycles. The van der Waals surface area contributed by atoms with Crippen molar-refractivity contribution in [2.45, 2.75) is 20.0 Å². The maximum Gasteiger partial charge on any atom is 0.337 e. The Morgan fingerprint density at radius 2 is 2.08 bits per heavy atom. The van der Waals surface area contributed by atoms with E-state index in [1.807, 2.05) is 35.1 Å². The number of carboxylic acid groups (broad SMARTS) is 1. The zero-order valence-corrected chi connectivity index (χ0v) is 14.5. The van der Waals surface area contributed by atoms with Crippen LogP contribution in [-0.4, -0.2) is 49.2 Å². The standard InChI is InChI=1S/C17H19N3O4S/c1-2-20-7-14(17(23)24)13-5-11(3-4-15(13)20)16-18-12(8-25-16)6-19(9-21)10-22/h3-5,7-8,21-22H,2,6,9-10H2,1H3,(H,23,24). The minimum atomic E-state index is -0.948. The van der Waals surface area contributed by atoms with E-state index in [0.29, 0.717) is 18.5 Å². The minimum Gasteiger partial charge on any atom is -0.478 e. The van der Waals surface area contributed by atoms with E-state index < -0.39 is 5.97 Å². The minimum absolute atomic E-state index is 0.248. The van der Waals surface area contributed by atoms with Gasteiger partial charge in [-0.2, -0.15) is 0 Å². The van der Waals surface area contributed by atoms with Crippen molar-refractivity contribution in [3.8, 4) is 10.6 Å². The lowest BCUT2D eigenvalue weighted by Crippen LogP contribution is -2.25. The van der Waals surface area contributed by atoms with Crippen LogP contribution in [0.2, 0.25) is 0 Å². The summed E-state index contributed by atoms with van der Waals surface area (Å²) in [5.41, 5.74) is 2.75. The summed E-state index contributed by atoms with van der Waals surface area (Å²) in [6, 6.07) is 5.69. The number of hydrogen-bond acceptors (Lipinski definition) is 6. The molecule has 0 spiro atoms. The number of thiazole rings is 1. The molecule has 0 atom stereocenters. The summed E-state index contributed by atoms with van der Waals surface area (Å²) in [4.78, 5) is 17.5. The highest BCUT2D eigenvalue weighted by molar-refractivity contribution is 7.13. The molecule has 2 aromatic heterocycles. The second-order valence-electron chi connectivity index (χ2n) is 5.62. The molecule has 0 aliphatic rings.